The van der Waals surface area contributed by atoms with Crippen LogP contribution in [0.4, 0.5) is 4.79 Å². The molecule has 0 aliphatic carbocycles. The number of carboxylic acid groups (broad SMARTS) is 1. The van der Waals surface area contributed by atoms with E-state index in [0.717, 1.165) is 5.56 Å². The number of likely N-dealkylation sites (tertiary alicyclic amines) is 1. The van der Waals surface area contributed by atoms with Gasteiger partial charge in [-0.1, -0.05) is 30.3 Å². The Morgan fingerprint density at radius 2 is 1.92 bits per heavy atom. The summed E-state index contributed by atoms with van der Waals surface area (Å²) in [6.07, 6.45) is 0.624. The second-order valence-electron chi connectivity index (χ2n) is 7.42. The van der Waals surface area contributed by atoms with Crippen molar-refractivity contribution >= 4 is 18.0 Å². The van der Waals surface area contributed by atoms with Crippen LogP contribution in [-0.2, 0) is 20.7 Å². The number of benzene rings is 1. The van der Waals surface area contributed by atoms with Crippen LogP contribution in [0.1, 0.15) is 39.2 Å². The van der Waals surface area contributed by atoms with E-state index in [1.165, 1.54) is 4.90 Å². The molecule has 0 bridgehead atoms. The molecule has 7 nitrogen and oxygen atoms in total. The van der Waals surface area contributed by atoms with Gasteiger partial charge in [0.05, 0.1) is 0 Å². The zero-order valence-corrected chi connectivity index (χ0v) is 15.4. The first-order valence-electron chi connectivity index (χ1n) is 8.74. The predicted octanol–water partition coefficient (Wildman–Crippen LogP) is 2.20. The average Bonchev–Trinajstić information content (AvgIpc) is 3.02. The number of hydrogen-bond acceptors (Lipinski definition) is 4. The molecule has 2 atom stereocenters. The lowest BCUT2D eigenvalue weighted by atomic mass is 10.0. The van der Waals surface area contributed by atoms with Crippen LogP contribution in [0.15, 0.2) is 30.3 Å². The number of rotatable bonds is 5. The molecule has 2 rings (SSSR count). The van der Waals surface area contributed by atoms with Gasteiger partial charge >= 0.3 is 12.1 Å². The number of nitrogens with zero attached hydrogens (tertiary/aromatic N) is 1. The molecule has 1 aromatic rings. The van der Waals surface area contributed by atoms with Gasteiger partial charge in [-0.2, -0.15) is 0 Å². The van der Waals surface area contributed by atoms with Crippen molar-refractivity contribution in [2.75, 3.05) is 6.54 Å². The van der Waals surface area contributed by atoms with E-state index < -0.39 is 35.7 Å². The fourth-order valence-corrected chi connectivity index (χ4v) is 2.99. The second-order valence-corrected chi connectivity index (χ2v) is 7.42. The van der Waals surface area contributed by atoms with Crippen LogP contribution in [0.25, 0.3) is 0 Å². The van der Waals surface area contributed by atoms with Gasteiger partial charge < -0.3 is 20.1 Å². The van der Waals surface area contributed by atoms with E-state index in [9.17, 15) is 19.5 Å². The minimum Gasteiger partial charge on any atom is -0.480 e. The molecule has 142 valence electrons. The van der Waals surface area contributed by atoms with Gasteiger partial charge in [-0.3, -0.25) is 4.79 Å². The van der Waals surface area contributed by atoms with Crippen LogP contribution in [0, 0.1) is 0 Å². The van der Waals surface area contributed by atoms with Crippen LogP contribution in [-0.4, -0.2) is 52.2 Å². The summed E-state index contributed by atoms with van der Waals surface area (Å²) in [6.45, 7) is 5.59. The molecule has 1 aromatic carbocycles. The van der Waals surface area contributed by atoms with Gasteiger partial charge in [0.2, 0.25) is 5.91 Å². The third-order valence-electron chi connectivity index (χ3n) is 4.09. The van der Waals surface area contributed by atoms with Gasteiger partial charge in [-0.25, -0.2) is 9.59 Å². The Hall–Kier alpha value is -2.57. The van der Waals surface area contributed by atoms with E-state index in [4.69, 9.17) is 4.74 Å². The maximum absolute atomic E-state index is 13.0. The van der Waals surface area contributed by atoms with Gasteiger partial charge in [0.15, 0.2) is 0 Å². The number of carbonyl (C=O) groups is 3. The molecule has 1 aliphatic rings. The summed E-state index contributed by atoms with van der Waals surface area (Å²) in [5.41, 5.74) is 0.176. The number of amides is 2. The number of hydrogen-bond donors (Lipinski definition) is 2. The minimum atomic E-state index is -1.02. The van der Waals surface area contributed by atoms with Crippen LogP contribution < -0.4 is 5.32 Å². The van der Waals surface area contributed by atoms with E-state index in [0.29, 0.717) is 19.4 Å². The van der Waals surface area contributed by atoms with Crippen molar-refractivity contribution in [2.45, 2.75) is 57.7 Å². The number of carbonyl (C=O) groups excluding carboxylic acids is 2. The Bertz CT molecular complexity index is 654. The highest BCUT2D eigenvalue weighted by molar-refractivity contribution is 5.90. The molecular weight excluding hydrogens is 336 g/mol. The smallest absolute Gasteiger partial charge is 0.408 e. The van der Waals surface area contributed by atoms with Crippen molar-refractivity contribution < 1.29 is 24.2 Å². The third kappa shape index (κ3) is 5.47. The molecule has 1 saturated heterocycles. The predicted molar refractivity (Wildman–Crippen MR) is 95.7 cm³/mol. The van der Waals surface area contributed by atoms with Crippen molar-refractivity contribution in [3.8, 4) is 0 Å². The highest BCUT2D eigenvalue weighted by atomic mass is 16.6. The second kappa shape index (κ2) is 8.21. The Balaban J connectivity index is 2.17. The number of ether oxygens (including phenoxy) is 1. The lowest BCUT2D eigenvalue weighted by Gasteiger charge is -2.28. The quantitative estimate of drug-likeness (QED) is 0.837. The molecule has 0 radical (unpaired) electrons. The first kappa shape index (κ1) is 19.8. The highest BCUT2D eigenvalue weighted by Gasteiger charge is 2.38. The standard InChI is InChI=1S/C19H26N2O5/c1-19(2,3)26-18(25)20-14(12-13-8-5-4-6-9-13)16(22)21-11-7-10-15(21)17(23)24/h4-6,8-9,14-15H,7,10-12H2,1-3H3,(H,20,25)(H,23,24)/t14-,15-/m0/s1. The summed E-state index contributed by atoms with van der Waals surface area (Å²) in [6, 6.07) is 7.54. The first-order valence-corrected chi connectivity index (χ1v) is 8.74. The fraction of sp³-hybridized carbons (Fsp3) is 0.526. The number of nitrogens with one attached hydrogen (secondary N) is 1. The van der Waals surface area contributed by atoms with Gasteiger partial charge in [-0.15, -0.1) is 0 Å². The van der Waals surface area contributed by atoms with Gasteiger partial charge in [0.25, 0.3) is 0 Å². The fourth-order valence-electron chi connectivity index (χ4n) is 2.99. The van der Waals surface area contributed by atoms with E-state index in [1.807, 2.05) is 30.3 Å². The van der Waals surface area contributed by atoms with Crippen LogP contribution in [0.5, 0.6) is 0 Å². The zero-order chi connectivity index (χ0) is 19.3. The largest absolute Gasteiger partial charge is 0.480 e. The molecule has 1 fully saturated rings. The summed E-state index contributed by atoms with van der Waals surface area (Å²) in [5, 5.41) is 11.9. The normalized spacial score (nSPS) is 18.3. The summed E-state index contributed by atoms with van der Waals surface area (Å²) >= 11 is 0. The van der Waals surface area contributed by atoms with E-state index >= 15 is 0 Å². The Morgan fingerprint density at radius 1 is 1.27 bits per heavy atom. The van der Waals surface area contributed by atoms with Crippen molar-refractivity contribution in [1.82, 2.24) is 10.2 Å². The van der Waals surface area contributed by atoms with Crippen molar-refractivity contribution in [3.63, 3.8) is 0 Å². The van der Waals surface area contributed by atoms with Crippen LogP contribution >= 0.6 is 0 Å². The van der Waals surface area contributed by atoms with Crippen molar-refractivity contribution in [3.05, 3.63) is 35.9 Å². The summed E-state index contributed by atoms with van der Waals surface area (Å²) in [4.78, 5) is 37.9. The zero-order valence-electron chi connectivity index (χ0n) is 15.4. The van der Waals surface area contributed by atoms with Gasteiger partial charge in [0.1, 0.15) is 17.7 Å². The summed E-state index contributed by atoms with van der Waals surface area (Å²) in [7, 11) is 0. The lowest BCUT2D eigenvalue weighted by Crippen LogP contribution is -2.53. The maximum Gasteiger partial charge on any atom is 0.408 e. The molecular formula is C19H26N2O5. The van der Waals surface area contributed by atoms with E-state index in [-0.39, 0.29) is 6.42 Å². The third-order valence-corrected chi connectivity index (χ3v) is 4.09. The lowest BCUT2D eigenvalue weighted by molar-refractivity contribution is -0.149. The number of alkyl carbamates (subject to hydrolysis) is 1. The van der Waals surface area contributed by atoms with Crippen molar-refractivity contribution in [1.29, 1.82) is 0 Å². The van der Waals surface area contributed by atoms with Gasteiger partial charge in [0, 0.05) is 13.0 Å². The molecule has 1 heterocycles. The molecule has 0 saturated carbocycles. The monoisotopic (exact) mass is 362 g/mol. The molecule has 0 aromatic heterocycles. The highest BCUT2D eigenvalue weighted by Crippen LogP contribution is 2.20. The molecule has 2 N–H and O–H groups in total. The SMILES string of the molecule is CC(C)(C)OC(=O)N[C@@H](Cc1ccccc1)C(=O)N1CCC[C@H]1C(=O)O. The Labute approximate surface area is 153 Å². The molecule has 0 spiro atoms. The Morgan fingerprint density at radius 3 is 2.50 bits per heavy atom. The summed E-state index contributed by atoms with van der Waals surface area (Å²) in [5.74, 6) is -1.42. The first-order chi connectivity index (χ1) is 12.2. The van der Waals surface area contributed by atoms with Gasteiger partial charge in [-0.05, 0) is 39.2 Å². The minimum absolute atomic E-state index is 0.266. The van der Waals surface area contributed by atoms with Crippen molar-refractivity contribution in [2.24, 2.45) is 0 Å². The molecule has 7 heteroatoms. The van der Waals surface area contributed by atoms with E-state index in [1.54, 1.807) is 20.8 Å². The topological polar surface area (TPSA) is 95.9 Å². The number of carboxylic acids is 1. The molecule has 1 aliphatic heterocycles. The van der Waals surface area contributed by atoms with Crippen LogP contribution in [0.3, 0.4) is 0 Å². The summed E-state index contributed by atoms with van der Waals surface area (Å²) < 4.78 is 5.26. The maximum atomic E-state index is 13.0. The van der Waals surface area contributed by atoms with E-state index in [2.05, 4.69) is 5.32 Å². The molecule has 0 unspecified atom stereocenters. The molecule has 26 heavy (non-hydrogen) atoms. The Kier molecular flexibility index (Phi) is 6.23. The molecule has 2 amide bonds. The average molecular weight is 362 g/mol. The van der Waals surface area contributed by atoms with Crippen LogP contribution in [0.2, 0.25) is 0 Å². The number of aliphatic carboxylic acids is 1.